The molecule has 1 atom stereocenters. The highest BCUT2D eigenvalue weighted by Gasteiger charge is 2.27. The maximum absolute atomic E-state index is 12.4. The third-order valence-corrected chi connectivity index (χ3v) is 4.64. The molecule has 0 radical (unpaired) electrons. The summed E-state index contributed by atoms with van der Waals surface area (Å²) in [6.45, 7) is 1.95. The normalized spacial score (nSPS) is 15.5. The predicted octanol–water partition coefficient (Wildman–Crippen LogP) is 3.52. The van der Waals surface area contributed by atoms with Gasteiger partial charge in [-0.3, -0.25) is 4.79 Å². The van der Waals surface area contributed by atoms with Crippen LogP contribution in [0.4, 0.5) is 0 Å². The Morgan fingerprint density at radius 3 is 2.90 bits per heavy atom. The molecule has 1 aromatic heterocycles. The van der Waals surface area contributed by atoms with Crippen LogP contribution in [0.5, 0.6) is 5.75 Å². The summed E-state index contributed by atoms with van der Waals surface area (Å²) in [5, 5.41) is 5.82. The molecule has 0 saturated heterocycles. The molecule has 3 rings (SSSR count). The van der Waals surface area contributed by atoms with E-state index >= 15 is 0 Å². The first-order valence-corrected chi connectivity index (χ1v) is 7.95. The Labute approximate surface area is 128 Å². The molecule has 1 amide bonds. The molecular weight excluding hydrogens is 284 g/mol. The number of amides is 1. The van der Waals surface area contributed by atoms with Crippen molar-refractivity contribution in [1.82, 2.24) is 10.3 Å². The summed E-state index contributed by atoms with van der Waals surface area (Å²) in [5.74, 6) is 1.35. The van der Waals surface area contributed by atoms with Crippen molar-refractivity contribution in [3.63, 3.8) is 0 Å². The van der Waals surface area contributed by atoms with E-state index in [2.05, 4.69) is 10.3 Å². The second-order valence-corrected chi connectivity index (χ2v) is 6.22. The van der Waals surface area contributed by atoms with Crippen molar-refractivity contribution in [3.8, 4) is 5.75 Å². The lowest BCUT2D eigenvalue weighted by Crippen LogP contribution is -2.26. The Balaban J connectivity index is 1.76. The van der Waals surface area contributed by atoms with Crippen molar-refractivity contribution >= 4 is 17.2 Å². The number of nitrogens with one attached hydrogen (secondary N) is 1. The number of hydrogen-bond donors (Lipinski definition) is 1. The zero-order valence-corrected chi connectivity index (χ0v) is 12.9. The standard InChI is InChI=1S/C16H18N2O2S/c1-10(16-17-7-8-21-16)18-15(19)12-5-6-14(20-2)13(9-12)11-3-4-11/h5-11H,3-4H2,1-2H3,(H,18,19)/t10-/m0/s1. The number of hydrogen-bond acceptors (Lipinski definition) is 4. The second-order valence-electron chi connectivity index (χ2n) is 5.30. The van der Waals surface area contributed by atoms with Gasteiger partial charge in [0.25, 0.3) is 5.91 Å². The SMILES string of the molecule is COc1ccc(C(=O)N[C@@H](C)c2nccs2)cc1C1CC1. The molecule has 0 bridgehead atoms. The number of benzene rings is 1. The number of nitrogens with zero attached hydrogens (tertiary/aromatic N) is 1. The summed E-state index contributed by atoms with van der Waals surface area (Å²) in [4.78, 5) is 16.6. The Bertz CT molecular complexity index is 636. The third-order valence-electron chi connectivity index (χ3n) is 3.68. The van der Waals surface area contributed by atoms with Gasteiger partial charge in [0.1, 0.15) is 10.8 Å². The Kier molecular flexibility index (Phi) is 3.92. The summed E-state index contributed by atoms with van der Waals surface area (Å²) in [7, 11) is 1.67. The lowest BCUT2D eigenvalue weighted by molar-refractivity contribution is 0.0939. The second kappa shape index (κ2) is 5.85. The molecule has 0 aliphatic heterocycles. The highest BCUT2D eigenvalue weighted by molar-refractivity contribution is 7.09. The first-order valence-electron chi connectivity index (χ1n) is 7.07. The summed E-state index contributed by atoms with van der Waals surface area (Å²) in [6, 6.07) is 5.58. The van der Waals surface area contributed by atoms with Crippen LogP contribution in [-0.2, 0) is 0 Å². The van der Waals surface area contributed by atoms with Crippen LogP contribution in [0.3, 0.4) is 0 Å². The number of aromatic nitrogens is 1. The average Bonchev–Trinajstić information content (AvgIpc) is 3.20. The van der Waals surface area contributed by atoms with E-state index in [4.69, 9.17) is 4.74 Å². The van der Waals surface area contributed by atoms with Crippen LogP contribution in [0.1, 0.15) is 52.7 Å². The molecule has 2 aromatic rings. The zero-order chi connectivity index (χ0) is 14.8. The van der Waals surface area contributed by atoms with E-state index < -0.39 is 0 Å². The van der Waals surface area contributed by atoms with Crippen molar-refractivity contribution in [2.24, 2.45) is 0 Å². The van der Waals surface area contributed by atoms with Crippen molar-refractivity contribution in [2.45, 2.75) is 31.7 Å². The van der Waals surface area contributed by atoms with Gasteiger partial charge in [0.2, 0.25) is 0 Å². The van der Waals surface area contributed by atoms with Crippen LogP contribution in [0.25, 0.3) is 0 Å². The van der Waals surface area contributed by atoms with Crippen molar-refractivity contribution in [1.29, 1.82) is 0 Å². The minimum Gasteiger partial charge on any atom is -0.496 e. The van der Waals surface area contributed by atoms with Gasteiger partial charge in [-0.25, -0.2) is 4.98 Å². The van der Waals surface area contributed by atoms with Crippen LogP contribution in [-0.4, -0.2) is 18.0 Å². The summed E-state index contributed by atoms with van der Waals surface area (Å²) in [5.41, 5.74) is 1.83. The van der Waals surface area contributed by atoms with Crippen LogP contribution in [0.15, 0.2) is 29.8 Å². The van der Waals surface area contributed by atoms with E-state index in [0.29, 0.717) is 11.5 Å². The largest absolute Gasteiger partial charge is 0.496 e. The van der Waals surface area contributed by atoms with Crippen molar-refractivity contribution < 1.29 is 9.53 Å². The van der Waals surface area contributed by atoms with Gasteiger partial charge in [-0.2, -0.15) is 0 Å². The van der Waals surface area contributed by atoms with E-state index in [1.807, 2.05) is 30.5 Å². The van der Waals surface area contributed by atoms with E-state index in [1.54, 1.807) is 24.6 Å². The molecule has 0 unspecified atom stereocenters. The average molecular weight is 302 g/mol. The van der Waals surface area contributed by atoms with Crippen molar-refractivity contribution in [2.75, 3.05) is 7.11 Å². The highest BCUT2D eigenvalue weighted by Crippen LogP contribution is 2.44. The van der Waals surface area contributed by atoms with Crippen molar-refractivity contribution in [3.05, 3.63) is 45.9 Å². The molecule has 110 valence electrons. The van der Waals surface area contributed by atoms with E-state index in [9.17, 15) is 4.79 Å². The van der Waals surface area contributed by atoms with Gasteiger partial charge < -0.3 is 10.1 Å². The van der Waals surface area contributed by atoms with Gasteiger partial charge in [0, 0.05) is 17.1 Å². The van der Waals surface area contributed by atoms with Gasteiger partial charge >= 0.3 is 0 Å². The molecule has 1 heterocycles. The molecule has 5 heteroatoms. The number of carbonyl (C=O) groups excluding carboxylic acids is 1. The van der Waals surface area contributed by atoms with Gasteiger partial charge in [-0.1, -0.05) is 0 Å². The van der Waals surface area contributed by atoms with Crippen LogP contribution in [0, 0.1) is 0 Å². The number of methoxy groups -OCH3 is 1. The maximum Gasteiger partial charge on any atom is 0.251 e. The Morgan fingerprint density at radius 1 is 1.48 bits per heavy atom. The molecule has 1 aliphatic rings. The van der Waals surface area contributed by atoms with E-state index in [-0.39, 0.29) is 11.9 Å². The fourth-order valence-corrected chi connectivity index (χ4v) is 3.02. The molecule has 1 aliphatic carbocycles. The summed E-state index contributed by atoms with van der Waals surface area (Å²) in [6.07, 6.45) is 4.11. The smallest absolute Gasteiger partial charge is 0.251 e. The number of thiazole rings is 1. The molecular formula is C16H18N2O2S. The highest BCUT2D eigenvalue weighted by atomic mass is 32.1. The Morgan fingerprint density at radius 2 is 2.29 bits per heavy atom. The quantitative estimate of drug-likeness (QED) is 0.919. The molecule has 1 saturated carbocycles. The first kappa shape index (κ1) is 14.1. The minimum absolute atomic E-state index is 0.0674. The van der Waals surface area contributed by atoms with E-state index in [1.165, 1.54) is 12.8 Å². The monoisotopic (exact) mass is 302 g/mol. The van der Waals surface area contributed by atoms with Gasteiger partial charge in [-0.05, 0) is 49.4 Å². The van der Waals surface area contributed by atoms with Crippen LogP contribution >= 0.6 is 11.3 Å². The number of ether oxygens (including phenoxy) is 1. The zero-order valence-electron chi connectivity index (χ0n) is 12.1. The maximum atomic E-state index is 12.4. The first-order chi connectivity index (χ1) is 10.2. The topological polar surface area (TPSA) is 51.2 Å². The lowest BCUT2D eigenvalue weighted by Gasteiger charge is -2.13. The minimum atomic E-state index is -0.0797. The fraction of sp³-hybridized carbons (Fsp3) is 0.375. The number of carbonyl (C=O) groups is 1. The lowest BCUT2D eigenvalue weighted by atomic mass is 10.0. The van der Waals surface area contributed by atoms with Gasteiger partial charge in [0.15, 0.2) is 0 Å². The van der Waals surface area contributed by atoms with Gasteiger partial charge in [0.05, 0.1) is 13.2 Å². The molecule has 4 nitrogen and oxygen atoms in total. The van der Waals surface area contributed by atoms with E-state index in [0.717, 1.165) is 16.3 Å². The number of rotatable bonds is 5. The third kappa shape index (κ3) is 3.08. The van der Waals surface area contributed by atoms with Gasteiger partial charge in [-0.15, -0.1) is 11.3 Å². The molecule has 1 aromatic carbocycles. The molecule has 1 N–H and O–H groups in total. The summed E-state index contributed by atoms with van der Waals surface area (Å²) >= 11 is 1.55. The molecule has 0 spiro atoms. The van der Waals surface area contributed by atoms with Crippen LogP contribution < -0.4 is 10.1 Å². The Hall–Kier alpha value is -1.88. The molecule has 1 fully saturated rings. The van der Waals surface area contributed by atoms with Crippen LogP contribution in [0.2, 0.25) is 0 Å². The summed E-state index contributed by atoms with van der Waals surface area (Å²) < 4.78 is 5.38. The fourth-order valence-electron chi connectivity index (χ4n) is 2.38. The predicted molar refractivity (Wildman–Crippen MR) is 83.0 cm³/mol. The molecule has 21 heavy (non-hydrogen) atoms.